The summed E-state index contributed by atoms with van der Waals surface area (Å²) in [4.78, 5) is 29.9. The van der Waals surface area contributed by atoms with Gasteiger partial charge in [-0.05, 0) is 68.8 Å². The quantitative estimate of drug-likeness (QED) is 0.349. The summed E-state index contributed by atoms with van der Waals surface area (Å²) in [5.74, 6) is 0.106. The Balaban J connectivity index is 1.43. The fourth-order valence-electron chi connectivity index (χ4n) is 4.98. The van der Waals surface area contributed by atoms with E-state index in [0.29, 0.717) is 0 Å². The van der Waals surface area contributed by atoms with Gasteiger partial charge in [0.1, 0.15) is 9.93 Å². The van der Waals surface area contributed by atoms with E-state index < -0.39 is 0 Å². The van der Waals surface area contributed by atoms with E-state index in [-0.39, 0.29) is 11.9 Å². The van der Waals surface area contributed by atoms with Gasteiger partial charge in [0.2, 0.25) is 0 Å². The summed E-state index contributed by atoms with van der Waals surface area (Å²) in [6.07, 6.45) is 5.68. The first-order valence-electron chi connectivity index (χ1n) is 11.9. The molecule has 0 radical (unpaired) electrons. The van der Waals surface area contributed by atoms with E-state index in [1.807, 2.05) is 24.0 Å². The molecular formula is C26H26N4OS3. The van der Waals surface area contributed by atoms with Crippen molar-refractivity contribution in [2.24, 2.45) is 4.99 Å². The third-order valence-electron chi connectivity index (χ3n) is 6.57. The summed E-state index contributed by atoms with van der Waals surface area (Å²) in [5, 5.41) is 2.90. The van der Waals surface area contributed by atoms with Gasteiger partial charge in [-0.15, -0.1) is 11.3 Å². The maximum Gasteiger partial charge on any atom is 0.269 e. The second kappa shape index (κ2) is 9.06. The molecule has 1 amide bonds. The lowest BCUT2D eigenvalue weighted by Crippen LogP contribution is -2.40. The van der Waals surface area contributed by atoms with E-state index >= 15 is 0 Å². The molecular weight excluding hydrogens is 481 g/mol. The summed E-state index contributed by atoms with van der Waals surface area (Å²) in [6.45, 7) is 5.00. The number of aryl methyl sites for hydroxylation is 1. The van der Waals surface area contributed by atoms with Gasteiger partial charge in [0.15, 0.2) is 5.17 Å². The maximum absolute atomic E-state index is 13.9. The SMILES string of the molecule is CCN1/C(=C2/SC(=Nc3ccc4sc(C)nc4c3)N(C3CCCCC3)C2=O)Sc2ccccc21. The highest BCUT2D eigenvalue weighted by Crippen LogP contribution is 2.51. The molecule has 1 aliphatic carbocycles. The van der Waals surface area contributed by atoms with E-state index in [9.17, 15) is 4.79 Å². The summed E-state index contributed by atoms with van der Waals surface area (Å²) >= 11 is 4.94. The number of thiazole rings is 1. The number of nitrogens with zero attached hydrogens (tertiary/aromatic N) is 4. The molecule has 6 rings (SSSR count). The topological polar surface area (TPSA) is 48.8 Å². The predicted octanol–water partition coefficient (Wildman–Crippen LogP) is 7.30. The lowest BCUT2D eigenvalue weighted by Gasteiger charge is -2.30. The molecule has 0 spiro atoms. The number of amides is 1. The van der Waals surface area contributed by atoms with E-state index in [4.69, 9.17) is 4.99 Å². The highest BCUT2D eigenvalue weighted by molar-refractivity contribution is 8.19. The summed E-state index contributed by atoms with van der Waals surface area (Å²) in [7, 11) is 0. The predicted molar refractivity (Wildman–Crippen MR) is 145 cm³/mol. The van der Waals surface area contributed by atoms with Crippen molar-refractivity contribution in [1.82, 2.24) is 9.88 Å². The van der Waals surface area contributed by atoms with Crippen LogP contribution in [-0.4, -0.2) is 33.5 Å². The Hall–Kier alpha value is -2.29. The van der Waals surface area contributed by atoms with Gasteiger partial charge < -0.3 is 4.90 Å². The normalized spacial score (nSPS) is 22.4. The van der Waals surface area contributed by atoms with Gasteiger partial charge in [0, 0.05) is 17.5 Å². The summed E-state index contributed by atoms with van der Waals surface area (Å²) in [5.41, 5.74) is 3.01. The van der Waals surface area contributed by atoms with Crippen molar-refractivity contribution in [3.8, 4) is 0 Å². The minimum absolute atomic E-state index is 0.106. The lowest BCUT2D eigenvalue weighted by molar-refractivity contribution is -0.124. The van der Waals surface area contributed by atoms with Crippen LogP contribution in [0.15, 0.2) is 62.3 Å². The number of rotatable bonds is 3. The van der Waals surface area contributed by atoms with Gasteiger partial charge in [-0.25, -0.2) is 9.98 Å². The van der Waals surface area contributed by atoms with Crippen molar-refractivity contribution in [3.05, 3.63) is 57.4 Å². The number of carbonyl (C=O) groups excluding carboxylic acids is 1. The Morgan fingerprint density at radius 1 is 1.09 bits per heavy atom. The second-order valence-corrected chi connectivity index (χ2v) is 12.0. The zero-order chi connectivity index (χ0) is 23.2. The van der Waals surface area contributed by atoms with Gasteiger partial charge in [-0.1, -0.05) is 43.2 Å². The van der Waals surface area contributed by atoms with Crippen molar-refractivity contribution < 1.29 is 4.79 Å². The highest BCUT2D eigenvalue weighted by atomic mass is 32.2. The summed E-state index contributed by atoms with van der Waals surface area (Å²) in [6, 6.07) is 14.8. The van der Waals surface area contributed by atoms with Crippen molar-refractivity contribution in [2.75, 3.05) is 11.4 Å². The van der Waals surface area contributed by atoms with Gasteiger partial charge >= 0.3 is 0 Å². The highest BCUT2D eigenvalue weighted by Gasteiger charge is 2.42. The molecule has 1 aromatic heterocycles. The molecule has 3 aromatic rings. The molecule has 2 aliphatic heterocycles. The van der Waals surface area contributed by atoms with E-state index in [0.717, 1.165) is 50.7 Å². The van der Waals surface area contributed by atoms with Crippen LogP contribution in [0.2, 0.25) is 0 Å². The molecule has 2 fully saturated rings. The van der Waals surface area contributed by atoms with Gasteiger partial charge in [0.05, 0.1) is 26.6 Å². The Labute approximate surface area is 212 Å². The van der Waals surface area contributed by atoms with Gasteiger partial charge in [-0.2, -0.15) is 0 Å². The van der Waals surface area contributed by atoms with Crippen LogP contribution in [-0.2, 0) is 4.79 Å². The molecule has 0 N–H and O–H groups in total. The number of benzene rings is 2. The third kappa shape index (κ3) is 3.85. The minimum Gasteiger partial charge on any atom is -0.334 e. The third-order valence-corrected chi connectivity index (χ3v) is 9.88. The maximum atomic E-state index is 13.9. The zero-order valence-electron chi connectivity index (χ0n) is 19.3. The average Bonchev–Trinajstić information content (AvgIpc) is 3.51. The fourth-order valence-corrected chi connectivity index (χ4v) is 8.24. The first kappa shape index (κ1) is 22.2. The summed E-state index contributed by atoms with van der Waals surface area (Å²) < 4.78 is 1.17. The standard InChI is InChI=1S/C26H26N4OS3/c1-3-29-20-11-7-8-12-22(20)33-25(29)23-24(31)30(18-9-5-4-6-10-18)26(34-23)28-17-13-14-21-19(15-17)27-16(2)32-21/h7-8,11-15,18H,3-6,9-10H2,1-2H3/b25-23-,28-26?. The van der Waals surface area contributed by atoms with Crippen molar-refractivity contribution >= 4 is 67.5 Å². The van der Waals surface area contributed by atoms with Crippen LogP contribution in [0.1, 0.15) is 44.0 Å². The Bertz CT molecular complexity index is 1340. The molecule has 0 unspecified atom stereocenters. The lowest BCUT2D eigenvalue weighted by atomic mass is 9.94. The molecule has 0 bridgehead atoms. The van der Waals surface area contributed by atoms with Crippen molar-refractivity contribution in [2.45, 2.75) is 56.9 Å². The molecule has 174 valence electrons. The van der Waals surface area contributed by atoms with E-state index in [1.54, 1.807) is 23.1 Å². The first-order chi connectivity index (χ1) is 16.6. The average molecular weight is 507 g/mol. The first-order valence-corrected chi connectivity index (χ1v) is 14.3. The molecule has 0 atom stereocenters. The molecule has 34 heavy (non-hydrogen) atoms. The molecule has 3 aliphatic rings. The van der Waals surface area contributed by atoms with E-state index in [1.165, 1.54) is 46.3 Å². The number of hydrogen-bond donors (Lipinski definition) is 0. The number of fused-ring (bicyclic) bond motifs is 2. The number of para-hydroxylation sites is 1. The number of aromatic nitrogens is 1. The van der Waals surface area contributed by atoms with Crippen LogP contribution in [0, 0.1) is 6.92 Å². The van der Waals surface area contributed by atoms with Crippen LogP contribution in [0.25, 0.3) is 10.2 Å². The molecule has 1 saturated heterocycles. The van der Waals surface area contributed by atoms with Crippen molar-refractivity contribution in [1.29, 1.82) is 0 Å². The molecule has 2 aromatic carbocycles. The van der Waals surface area contributed by atoms with Crippen LogP contribution >= 0.6 is 34.9 Å². The van der Waals surface area contributed by atoms with Crippen LogP contribution in [0.4, 0.5) is 11.4 Å². The number of amidine groups is 1. The number of hydrogen-bond acceptors (Lipinski definition) is 7. The number of aliphatic imine (C=N–C) groups is 1. The Morgan fingerprint density at radius 3 is 2.74 bits per heavy atom. The number of thioether (sulfide) groups is 2. The fraction of sp³-hybridized carbons (Fsp3) is 0.346. The second-order valence-electron chi connectivity index (χ2n) is 8.80. The monoisotopic (exact) mass is 506 g/mol. The molecule has 1 saturated carbocycles. The zero-order valence-corrected chi connectivity index (χ0v) is 21.7. The Morgan fingerprint density at radius 2 is 1.91 bits per heavy atom. The van der Waals surface area contributed by atoms with Crippen LogP contribution in [0.5, 0.6) is 0 Å². The Kier molecular flexibility index (Phi) is 5.91. The number of anilines is 1. The molecule has 3 heterocycles. The van der Waals surface area contributed by atoms with Gasteiger partial charge in [-0.3, -0.25) is 9.69 Å². The largest absolute Gasteiger partial charge is 0.334 e. The van der Waals surface area contributed by atoms with Crippen LogP contribution in [0.3, 0.4) is 0 Å². The van der Waals surface area contributed by atoms with Crippen LogP contribution < -0.4 is 4.90 Å². The smallest absolute Gasteiger partial charge is 0.269 e. The molecule has 8 heteroatoms. The minimum atomic E-state index is 0.106. The molecule has 5 nitrogen and oxygen atoms in total. The van der Waals surface area contributed by atoms with Gasteiger partial charge in [0.25, 0.3) is 5.91 Å². The van der Waals surface area contributed by atoms with E-state index in [2.05, 4.69) is 47.1 Å². The van der Waals surface area contributed by atoms with Crippen molar-refractivity contribution in [3.63, 3.8) is 0 Å². The number of carbonyl (C=O) groups is 1.